The van der Waals surface area contributed by atoms with Gasteiger partial charge in [0.05, 0.1) is 6.10 Å². The zero-order chi connectivity index (χ0) is 15.0. The number of hydrogen-bond donors (Lipinski definition) is 1. The summed E-state index contributed by atoms with van der Waals surface area (Å²) in [5.41, 5.74) is 2.21. The molecule has 2 unspecified atom stereocenters. The van der Waals surface area contributed by atoms with E-state index >= 15 is 0 Å². The third kappa shape index (κ3) is 5.22. The summed E-state index contributed by atoms with van der Waals surface area (Å²) in [6.07, 6.45) is 3.11. The van der Waals surface area contributed by atoms with Crippen molar-refractivity contribution in [1.82, 2.24) is 5.32 Å². The second kappa shape index (κ2) is 9.09. The number of halogens is 1. The van der Waals surface area contributed by atoms with Gasteiger partial charge in [0, 0.05) is 12.6 Å². The SMILES string of the molecule is CCCC(OCC)C(Cc1cc(F)ccc1C)NCC. The predicted molar refractivity (Wildman–Crippen MR) is 82.6 cm³/mol. The molecule has 0 heterocycles. The highest BCUT2D eigenvalue weighted by Gasteiger charge is 2.21. The third-order valence-electron chi connectivity index (χ3n) is 3.62. The molecular formula is C17H28FNO. The number of aryl methyl sites for hydroxylation is 1. The number of ether oxygens (including phenoxy) is 1. The molecule has 1 aromatic carbocycles. The van der Waals surface area contributed by atoms with Crippen molar-refractivity contribution in [2.75, 3.05) is 13.2 Å². The topological polar surface area (TPSA) is 21.3 Å². The molecule has 1 N–H and O–H groups in total. The molecular weight excluding hydrogens is 253 g/mol. The summed E-state index contributed by atoms with van der Waals surface area (Å²) in [7, 11) is 0. The smallest absolute Gasteiger partial charge is 0.123 e. The van der Waals surface area contributed by atoms with Crippen molar-refractivity contribution in [1.29, 1.82) is 0 Å². The molecule has 114 valence electrons. The van der Waals surface area contributed by atoms with Crippen molar-refractivity contribution in [3.05, 3.63) is 35.1 Å². The van der Waals surface area contributed by atoms with Crippen molar-refractivity contribution in [3.8, 4) is 0 Å². The lowest BCUT2D eigenvalue weighted by atomic mass is 9.95. The molecule has 0 saturated carbocycles. The fourth-order valence-electron chi connectivity index (χ4n) is 2.59. The normalized spacial score (nSPS) is 14.2. The maximum absolute atomic E-state index is 13.4. The van der Waals surface area contributed by atoms with Crippen LogP contribution in [0.1, 0.15) is 44.7 Å². The minimum absolute atomic E-state index is 0.163. The summed E-state index contributed by atoms with van der Waals surface area (Å²) >= 11 is 0. The number of likely N-dealkylation sites (N-methyl/N-ethyl adjacent to an activating group) is 1. The van der Waals surface area contributed by atoms with E-state index in [1.807, 2.05) is 19.9 Å². The first-order valence-corrected chi connectivity index (χ1v) is 7.72. The summed E-state index contributed by atoms with van der Waals surface area (Å²) in [6, 6.07) is 5.26. The van der Waals surface area contributed by atoms with E-state index in [0.29, 0.717) is 6.61 Å². The Labute approximate surface area is 122 Å². The van der Waals surface area contributed by atoms with Crippen LogP contribution in [0.3, 0.4) is 0 Å². The van der Waals surface area contributed by atoms with Gasteiger partial charge in [-0.25, -0.2) is 4.39 Å². The van der Waals surface area contributed by atoms with E-state index in [1.54, 1.807) is 6.07 Å². The van der Waals surface area contributed by atoms with Crippen molar-refractivity contribution in [3.63, 3.8) is 0 Å². The molecule has 2 nitrogen and oxygen atoms in total. The van der Waals surface area contributed by atoms with Crippen LogP contribution < -0.4 is 5.32 Å². The number of nitrogens with one attached hydrogen (secondary N) is 1. The number of benzene rings is 1. The van der Waals surface area contributed by atoms with Gasteiger partial charge in [0.25, 0.3) is 0 Å². The summed E-state index contributed by atoms with van der Waals surface area (Å²) in [5.74, 6) is -0.163. The van der Waals surface area contributed by atoms with Crippen LogP contribution >= 0.6 is 0 Å². The molecule has 2 atom stereocenters. The fourth-order valence-corrected chi connectivity index (χ4v) is 2.59. The lowest BCUT2D eigenvalue weighted by Crippen LogP contribution is -2.43. The van der Waals surface area contributed by atoms with E-state index < -0.39 is 0 Å². The third-order valence-corrected chi connectivity index (χ3v) is 3.62. The Kier molecular flexibility index (Phi) is 7.78. The summed E-state index contributed by atoms with van der Waals surface area (Å²) in [6.45, 7) is 9.94. The highest BCUT2D eigenvalue weighted by Crippen LogP contribution is 2.17. The Morgan fingerprint density at radius 2 is 2.00 bits per heavy atom. The molecule has 0 radical (unpaired) electrons. The first kappa shape index (κ1) is 17.1. The van der Waals surface area contributed by atoms with Crippen LogP contribution in [0, 0.1) is 12.7 Å². The molecule has 3 heteroatoms. The second-order valence-corrected chi connectivity index (χ2v) is 5.22. The van der Waals surface area contributed by atoms with E-state index in [2.05, 4.69) is 19.2 Å². The lowest BCUT2D eigenvalue weighted by molar-refractivity contribution is 0.0285. The summed E-state index contributed by atoms with van der Waals surface area (Å²) in [5, 5.41) is 3.50. The molecule has 1 aromatic rings. The van der Waals surface area contributed by atoms with Crippen molar-refractivity contribution in [2.45, 2.75) is 59.1 Å². The van der Waals surface area contributed by atoms with Crippen LogP contribution in [0.4, 0.5) is 4.39 Å². The van der Waals surface area contributed by atoms with Crippen LogP contribution in [0.15, 0.2) is 18.2 Å². The maximum atomic E-state index is 13.4. The molecule has 0 aliphatic carbocycles. The molecule has 1 rings (SSSR count). The van der Waals surface area contributed by atoms with Gasteiger partial charge in [0.1, 0.15) is 5.82 Å². The molecule has 0 aromatic heterocycles. The van der Waals surface area contributed by atoms with Gasteiger partial charge in [0.15, 0.2) is 0 Å². The molecule has 0 aliphatic rings. The second-order valence-electron chi connectivity index (χ2n) is 5.22. The summed E-state index contributed by atoms with van der Waals surface area (Å²) in [4.78, 5) is 0. The van der Waals surface area contributed by atoms with Crippen molar-refractivity contribution in [2.24, 2.45) is 0 Å². The van der Waals surface area contributed by atoms with E-state index in [9.17, 15) is 4.39 Å². The van der Waals surface area contributed by atoms with Gasteiger partial charge in [-0.2, -0.15) is 0 Å². The van der Waals surface area contributed by atoms with E-state index in [-0.39, 0.29) is 18.0 Å². The van der Waals surface area contributed by atoms with Gasteiger partial charge in [-0.15, -0.1) is 0 Å². The predicted octanol–water partition coefficient (Wildman–Crippen LogP) is 3.86. The largest absolute Gasteiger partial charge is 0.377 e. The first-order valence-electron chi connectivity index (χ1n) is 7.72. The van der Waals surface area contributed by atoms with E-state index in [4.69, 9.17) is 4.74 Å². The minimum Gasteiger partial charge on any atom is -0.377 e. The Bertz CT molecular complexity index is 389. The Balaban J connectivity index is 2.86. The maximum Gasteiger partial charge on any atom is 0.123 e. The van der Waals surface area contributed by atoms with Crippen LogP contribution in [-0.2, 0) is 11.2 Å². The number of rotatable bonds is 9. The van der Waals surface area contributed by atoms with Crippen LogP contribution in [0.2, 0.25) is 0 Å². The molecule has 20 heavy (non-hydrogen) atoms. The zero-order valence-corrected chi connectivity index (χ0v) is 13.2. The standard InChI is InChI=1S/C17H28FNO/c1-5-8-17(20-7-3)16(19-6-2)12-14-11-15(18)10-9-13(14)4/h9-11,16-17,19H,5-8,12H2,1-4H3. The van der Waals surface area contributed by atoms with E-state index in [0.717, 1.165) is 36.9 Å². The van der Waals surface area contributed by atoms with Gasteiger partial charge < -0.3 is 10.1 Å². The zero-order valence-electron chi connectivity index (χ0n) is 13.2. The van der Waals surface area contributed by atoms with Gasteiger partial charge >= 0.3 is 0 Å². The molecule has 0 fully saturated rings. The van der Waals surface area contributed by atoms with Gasteiger partial charge in [-0.3, -0.25) is 0 Å². The molecule has 0 saturated heterocycles. The van der Waals surface area contributed by atoms with Crippen LogP contribution in [0.5, 0.6) is 0 Å². The van der Waals surface area contributed by atoms with Gasteiger partial charge in [-0.1, -0.05) is 26.3 Å². The highest BCUT2D eigenvalue weighted by molar-refractivity contribution is 5.27. The minimum atomic E-state index is -0.163. The average molecular weight is 281 g/mol. The van der Waals surface area contributed by atoms with Crippen molar-refractivity contribution < 1.29 is 9.13 Å². The van der Waals surface area contributed by atoms with Crippen LogP contribution in [-0.4, -0.2) is 25.3 Å². The Morgan fingerprint density at radius 3 is 2.60 bits per heavy atom. The van der Waals surface area contributed by atoms with Gasteiger partial charge in [-0.05, 0) is 56.5 Å². The Hall–Kier alpha value is -0.930. The van der Waals surface area contributed by atoms with Crippen LogP contribution in [0.25, 0.3) is 0 Å². The molecule has 0 aliphatic heterocycles. The Morgan fingerprint density at radius 1 is 1.25 bits per heavy atom. The molecule has 0 spiro atoms. The number of hydrogen-bond acceptors (Lipinski definition) is 2. The lowest BCUT2D eigenvalue weighted by Gasteiger charge is -2.28. The average Bonchev–Trinajstić information content (AvgIpc) is 2.42. The quantitative estimate of drug-likeness (QED) is 0.742. The monoisotopic (exact) mass is 281 g/mol. The first-order chi connectivity index (χ1) is 9.62. The van der Waals surface area contributed by atoms with Crippen molar-refractivity contribution >= 4 is 0 Å². The van der Waals surface area contributed by atoms with E-state index in [1.165, 1.54) is 6.07 Å². The summed E-state index contributed by atoms with van der Waals surface area (Å²) < 4.78 is 19.3. The fraction of sp³-hybridized carbons (Fsp3) is 0.647. The molecule has 0 bridgehead atoms. The highest BCUT2D eigenvalue weighted by atomic mass is 19.1. The van der Waals surface area contributed by atoms with Gasteiger partial charge in [0.2, 0.25) is 0 Å². The molecule has 0 amide bonds.